The van der Waals surface area contributed by atoms with E-state index in [1.54, 1.807) is 12.3 Å². The number of nitrogens with zero attached hydrogens (tertiary/aromatic N) is 1. The largest absolute Gasteiger partial charge is 0.326 e. The van der Waals surface area contributed by atoms with E-state index < -0.39 is 15.8 Å². The summed E-state index contributed by atoms with van der Waals surface area (Å²) in [6.07, 6.45) is 3.06. The lowest BCUT2D eigenvalue weighted by atomic mass is 10.1. The van der Waals surface area contributed by atoms with Crippen molar-refractivity contribution in [1.29, 1.82) is 0 Å². The summed E-state index contributed by atoms with van der Waals surface area (Å²) in [5, 5.41) is 4.94. The summed E-state index contributed by atoms with van der Waals surface area (Å²) < 4.78 is 36.2. The van der Waals surface area contributed by atoms with Crippen LogP contribution in [0.15, 0.2) is 41.6 Å². The van der Waals surface area contributed by atoms with E-state index in [-0.39, 0.29) is 17.0 Å². The lowest BCUT2D eigenvalue weighted by Crippen LogP contribution is -2.12. The van der Waals surface area contributed by atoms with E-state index in [9.17, 15) is 12.8 Å². The van der Waals surface area contributed by atoms with E-state index in [1.807, 2.05) is 0 Å². The van der Waals surface area contributed by atoms with Gasteiger partial charge in [0.25, 0.3) is 0 Å². The molecule has 0 atom stereocenters. The van der Waals surface area contributed by atoms with Crippen LogP contribution in [-0.2, 0) is 16.6 Å². The molecule has 0 aliphatic rings. The third kappa shape index (κ3) is 2.95. The molecule has 100 valence electrons. The molecule has 0 saturated heterocycles. The first kappa shape index (κ1) is 13.6. The first-order chi connectivity index (χ1) is 8.91. The van der Waals surface area contributed by atoms with E-state index in [1.165, 1.54) is 18.3 Å². The van der Waals surface area contributed by atoms with Gasteiger partial charge in [0.2, 0.25) is 10.0 Å². The van der Waals surface area contributed by atoms with Crippen molar-refractivity contribution in [3.8, 4) is 11.1 Å². The van der Waals surface area contributed by atoms with Crippen molar-refractivity contribution in [2.75, 3.05) is 0 Å². The second kappa shape index (κ2) is 5.04. The highest BCUT2D eigenvalue weighted by Gasteiger charge is 2.13. The molecule has 1 heterocycles. The van der Waals surface area contributed by atoms with Gasteiger partial charge in [0.1, 0.15) is 5.82 Å². The van der Waals surface area contributed by atoms with Crippen LogP contribution in [0.2, 0.25) is 0 Å². The molecule has 0 aliphatic heterocycles. The average molecular weight is 281 g/mol. The summed E-state index contributed by atoms with van der Waals surface area (Å²) in [5.41, 5.74) is 7.02. The molecule has 0 aliphatic carbocycles. The minimum absolute atomic E-state index is 0.246. The lowest BCUT2D eigenvalue weighted by molar-refractivity contribution is 0.593. The molecule has 4 N–H and O–H groups in total. The molecule has 2 aromatic rings. The van der Waals surface area contributed by atoms with Gasteiger partial charge in [-0.3, -0.25) is 4.98 Å². The Labute approximate surface area is 110 Å². The number of sulfonamides is 1. The molecule has 0 spiro atoms. The maximum Gasteiger partial charge on any atom is 0.238 e. The quantitative estimate of drug-likeness (QED) is 0.876. The topological polar surface area (TPSA) is 99.1 Å². The Morgan fingerprint density at radius 2 is 1.95 bits per heavy atom. The van der Waals surface area contributed by atoms with Gasteiger partial charge in [-0.1, -0.05) is 6.07 Å². The maximum atomic E-state index is 13.9. The molecule has 0 amide bonds. The van der Waals surface area contributed by atoms with Gasteiger partial charge in [-0.25, -0.2) is 17.9 Å². The van der Waals surface area contributed by atoms with Gasteiger partial charge in [0.05, 0.1) is 4.90 Å². The van der Waals surface area contributed by atoms with Gasteiger partial charge in [0, 0.05) is 30.1 Å². The van der Waals surface area contributed by atoms with Crippen molar-refractivity contribution in [2.24, 2.45) is 10.9 Å². The summed E-state index contributed by atoms with van der Waals surface area (Å²) >= 11 is 0. The monoisotopic (exact) mass is 281 g/mol. The Morgan fingerprint density at radius 3 is 2.53 bits per heavy atom. The van der Waals surface area contributed by atoms with E-state index >= 15 is 0 Å². The molecular weight excluding hydrogens is 269 g/mol. The fraction of sp³-hybridized carbons (Fsp3) is 0.0833. The fourth-order valence-corrected chi connectivity index (χ4v) is 2.18. The smallest absolute Gasteiger partial charge is 0.238 e. The van der Waals surface area contributed by atoms with Crippen molar-refractivity contribution in [3.05, 3.63) is 48.0 Å². The van der Waals surface area contributed by atoms with Gasteiger partial charge < -0.3 is 5.73 Å². The number of rotatable bonds is 3. The molecule has 0 fully saturated rings. The normalized spacial score (nSPS) is 11.5. The summed E-state index contributed by atoms with van der Waals surface area (Å²) in [4.78, 5) is 3.69. The summed E-state index contributed by atoms with van der Waals surface area (Å²) in [7, 11) is -3.91. The highest BCUT2D eigenvalue weighted by molar-refractivity contribution is 7.89. The lowest BCUT2D eigenvalue weighted by Gasteiger charge is -2.06. The van der Waals surface area contributed by atoms with Crippen LogP contribution in [0.5, 0.6) is 0 Å². The standard InChI is InChI=1S/C12H12FN3O2S/c13-12-4-10(19(15,17)18)1-2-11(12)9-3-8(5-14)6-16-7-9/h1-4,6-7H,5,14H2,(H2,15,17,18). The Kier molecular flexibility index (Phi) is 3.61. The predicted molar refractivity (Wildman–Crippen MR) is 68.9 cm³/mol. The van der Waals surface area contributed by atoms with Gasteiger partial charge in [-0.05, 0) is 23.8 Å². The summed E-state index contributed by atoms with van der Waals surface area (Å²) in [5.74, 6) is -0.678. The molecular formula is C12H12FN3O2S. The van der Waals surface area contributed by atoms with Gasteiger partial charge in [0.15, 0.2) is 0 Å². The Bertz CT molecular complexity index is 717. The molecule has 0 bridgehead atoms. The van der Waals surface area contributed by atoms with Crippen molar-refractivity contribution in [2.45, 2.75) is 11.4 Å². The third-order valence-electron chi connectivity index (χ3n) is 2.61. The zero-order valence-electron chi connectivity index (χ0n) is 9.88. The maximum absolute atomic E-state index is 13.9. The second-order valence-corrected chi connectivity index (χ2v) is 5.53. The van der Waals surface area contributed by atoms with Crippen LogP contribution < -0.4 is 10.9 Å². The highest BCUT2D eigenvalue weighted by atomic mass is 32.2. The molecule has 0 radical (unpaired) electrons. The third-order valence-corrected chi connectivity index (χ3v) is 3.52. The number of hydrogen-bond acceptors (Lipinski definition) is 4. The van der Waals surface area contributed by atoms with Gasteiger partial charge >= 0.3 is 0 Å². The van der Waals surface area contributed by atoms with Crippen LogP contribution in [0.25, 0.3) is 11.1 Å². The number of hydrogen-bond donors (Lipinski definition) is 2. The van der Waals surface area contributed by atoms with Crippen LogP contribution in [0, 0.1) is 5.82 Å². The average Bonchev–Trinajstić information content (AvgIpc) is 2.37. The molecule has 2 rings (SSSR count). The Morgan fingerprint density at radius 1 is 1.21 bits per heavy atom. The van der Waals surface area contributed by atoms with Gasteiger partial charge in [-0.2, -0.15) is 0 Å². The first-order valence-corrected chi connectivity index (χ1v) is 6.93. The van der Waals surface area contributed by atoms with Crippen molar-refractivity contribution >= 4 is 10.0 Å². The molecule has 1 aromatic heterocycles. The minimum Gasteiger partial charge on any atom is -0.326 e. The van der Waals surface area contributed by atoms with E-state index in [4.69, 9.17) is 10.9 Å². The van der Waals surface area contributed by atoms with Crippen molar-refractivity contribution in [1.82, 2.24) is 4.98 Å². The predicted octanol–water partition coefficient (Wildman–Crippen LogP) is 0.994. The molecule has 19 heavy (non-hydrogen) atoms. The van der Waals surface area contributed by atoms with Crippen LogP contribution in [0.4, 0.5) is 4.39 Å². The number of aromatic nitrogens is 1. The summed E-state index contributed by atoms with van der Waals surface area (Å²) in [6, 6.07) is 5.19. The van der Waals surface area contributed by atoms with Crippen LogP contribution in [0.3, 0.4) is 0 Å². The minimum atomic E-state index is -3.91. The number of benzene rings is 1. The van der Waals surface area contributed by atoms with Crippen LogP contribution >= 0.6 is 0 Å². The number of halogens is 1. The molecule has 7 heteroatoms. The number of pyridine rings is 1. The number of primary sulfonamides is 1. The SMILES string of the molecule is NCc1cncc(-c2ccc(S(N)(=O)=O)cc2F)c1. The van der Waals surface area contributed by atoms with Crippen molar-refractivity contribution < 1.29 is 12.8 Å². The fourth-order valence-electron chi connectivity index (χ4n) is 1.65. The second-order valence-electron chi connectivity index (χ2n) is 3.97. The van der Waals surface area contributed by atoms with E-state index in [0.29, 0.717) is 5.56 Å². The van der Waals surface area contributed by atoms with Crippen molar-refractivity contribution in [3.63, 3.8) is 0 Å². The first-order valence-electron chi connectivity index (χ1n) is 5.38. The molecule has 5 nitrogen and oxygen atoms in total. The molecule has 0 unspecified atom stereocenters. The van der Waals surface area contributed by atoms with Gasteiger partial charge in [-0.15, -0.1) is 0 Å². The Hall–Kier alpha value is -1.83. The molecule has 0 saturated carbocycles. The van der Waals surface area contributed by atoms with E-state index in [0.717, 1.165) is 11.6 Å². The Balaban J connectivity index is 2.52. The number of nitrogens with two attached hydrogens (primary N) is 2. The van der Waals surface area contributed by atoms with Crippen LogP contribution in [-0.4, -0.2) is 13.4 Å². The van der Waals surface area contributed by atoms with E-state index in [2.05, 4.69) is 4.98 Å². The van der Waals surface area contributed by atoms with Crippen LogP contribution in [0.1, 0.15) is 5.56 Å². The molecule has 1 aromatic carbocycles. The zero-order valence-corrected chi connectivity index (χ0v) is 10.7. The zero-order chi connectivity index (χ0) is 14.0. The highest BCUT2D eigenvalue weighted by Crippen LogP contribution is 2.24. The summed E-state index contributed by atoms with van der Waals surface area (Å²) in [6.45, 7) is 0.289.